The molecule has 4 nitrogen and oxygen atoms in total. The highest BCUT2D eigenvalue weighted by atomic mass is 16.5. The zero-order chi connectivity index (χ0) is 16.7. The van der Waals surface area contributed by atoms with Crippen LogP contribution in [0.2, 0.25) is 0 Å². The molecule has 0 aliphatic carbocycles. The van der Waals surface area contributed by atoms with E-state index >= 15 is 0 Å². The van der Waals surface area contributed by atoms with Crippen molar-refractivity contribution in [2.24, 2.45) is 0 Å². The van der Waals surface area contributed by atoms with Crippen LogP contribution >= 0.6 is 0 Å². The maximum absolute atomic E-state index is 5.39. The van der Waals surface area contributed by atoms with E-state index in [4.69, 9.17) is 4.74 Å². The summed E-state index contributed by atoms with van der Waals surface area (Å²) in [5.41, 5.74) is 2.05. The number of nitrogens with one attached hydrogen (secondary N) is 1. The average molecular weight is 315 g/mol. The highest BCUT2D eigenvalue weighted by molar-refractivity contribution is 5.91. The lowest BCUT2D eigenvalue weighted by Gasteiger charge is -2.26. The summed E-state index contributed by atoms with van der Waals surface area (Å²) in [5.74, 6) is 0.864. The predicted octanol–water partition coefficient (Wildman–Crippen LogP) is 4.17. The monoisotopic (exact) mass is 315 g/mol. The first-order valence-electron chi connectivity index (χ1n) is 8.56. The van der Waals surface area contributed by atoms with Crippen LogP contribution in [0.1, 0.15) is 33.6 Å². The standard InChI is InChI=1S/C19H29N3O/c1-5-11-22(15(2)3)12-7-10-20-18-14-17(23-4)13-16-8-6-9-21-19(16)18/h6,8-9,13-15,20H,5,7,10-12H2,1-4H3. The summed E-state index contributed by atoms with van der Waals surface area (Å²) < 4.78 is 5.39. The fourth-order valence-corrected chi connectivity index (χ4v) is 2.84. The van der Waals surface area contributed by atoms with Gasteiger partial charge in [-0.15, -0.1) is 0 Å². The highest BCUT2D eigenvalue weighted by Gasteiger charge is 2.08. The average Bonchev–Trinajstić information content (AvgIpc) is 2.56. The summed E-state index contributed by atoms with van der Waals surface area (Å²) in [6.07, 6.45) is 4.15. The first-order valence-corrected chi connectivity index (χ1v) is 8.56. The zero-order valence-corrected chi connectivity index (χ0v) is 14.8. The minimum Gasteiger partial charge on any atom is -0.497 e. The van der Waals surface area contributed by atoms with Gasteiger partial charge in [0, 0.05) is 36.8 Å². The van der Waals surface area contributed by atoms with Gasteiger partial charge in [0.15, 0.2) is 0 Å². The smallest absolute Gasteiger partial charge is 0.121 e. The van der Waals surface area contributed by atoms with Crippen LogP contribution in [0, 0.1) is 0 Å². The van der Waals surface area contributed by atoms with E-state index in [1.165, 1.54) is 13.0 Å². The van der Waals surface area contributed by atoms with E-state index in [1.54, 1.807) is 7.11 Å². The van der Waals surface area contributed by atoms with E-state index < -0.39 is 0 Å². The van der Waals surface area contributed by atoms with Crippen molar-refractivity contribution < 1.29 is 4.74 Å². The van der Waals surface area contributed by atoms with E-state index in [9.17, 15) is 0 Å². The largest absolute Gasteiger partial charge is 0.497 e. The Balaban J connectivity index is 1.99. The molecule has 4 heteroatoms. The summed E-state index contributed by atoms with van der Waals surface area (Å²) in [6.45, 7) is 9.99. The molecule has 23 heavy (non-hydrogen) atoms. The van der Waals surface area contributed by atoms with Crippen LogP contribution in [-0.2, 0) is 0 Å². The van der Waals surface area contributed by atoms with Gasteiger partial charge in [-0.25, -0.2) is 0 Å². The number of methoxy groups -OCH3 is 1. The molecule has 2 rings (SSSR count). The Morgan fingerprint density at radius 3 is 2.78 bits per heavy atom. The molecule has 1 N–H and O–H groups in total. The molecule has 0 saturated carbocycles. The molecular weight excluding hydrogens is 286 g/mol. The number of pyridine rings is 1. The van der Waals surface area contributed by atoms with Gasteiger partial charge >= 0.3 is 0 Å². The summed E-state index contributed by atoms with van der Waals surface area (Å²) in [5, 5.41) is 4.63. The Morgan fingerprint density at radius 2 is 2.09 bits per heavy atom. The third kappa shape index (κ3) is 4.83. The number of aromatic nitrogens is 1. The summed E-state index contributed by atoms with van der Waals surface area (Å²) >= 11 is 0. The van der Waals surface area contributed by atoms with Gasteiger partial charge in [0.2, 0.25) is 0 Å². The van der Waals surface area contributed by atoms with E-state index in [0.29, 0.717) is 6.04 Å². The van der Waals surface area contributed by atoms with Crippen molar-refractivity contribution in [3.63, 3.8) is 0 Å². The van der Waals surface area contributed by atoms with E-state index in [0.717, 1.165) is 41.9 Å². The van der Waals surface area contributed by atoms with Crippen molar-refractivity contribution >= 4 is 16.6 Å². The first-order chi connectivity index (χ1) is 11.2. The Kier molecular flexibility index (Phi) is 6.66. The molecule has 0 aliphatic rings. The van der Waals surface area contributed by atoms with Crippen molar-refractivity contribution in [2.75, 3.05) is 32.1 Å². The molecule has 0 unspecified atom stereocenters. The van der Waals surface area contributed by atoms with Gasteiger partial charge in [-0.2, -0.15) is 0 Å². The zero-order valence-electron chi connectivity index (χ0n) is 14.8. The van der Waals surface area contributed by atoms with E-state index in [1.807, 2.05) is 24.4 Å². The van der Waals surface area contributed by atoms with Gasteiger partial charge in [0.1, 0.15) is 5.75 Å². The number of fused-ring (bicyclic) bond motifs is 1. The summed E-state index contributed by atoms with van der Waals surface area (Å²) in [7, 11) is 1.70. The summed E-state index contributed by atoms with van der Waals surface area (Å²) in [4.78, 5) is 7.03. The van der Waals surface area contributed by atoms with Gasteiger partial charge in [-0.05, 0) is 45.4 Å². The third-order valence-corrected chi connectivity index (χ3v) is 4.09. The number of benzene rings is 1. The van der Waals surface area contributed by atoms with Crippen LogP contribution in [0.5, 0.6) is 5.75 Å². The maximum Gasteiger partial charge on any atom is 0.121 e. The van der Waals surface area contributed by atoms with Crippen LogP contribution < -0.4 is 10.1 Å². The second kappa shape index (κ2) is 8.73. The number of nitrogens with zero attached hydrogens (tertiary/aromatic N) is 2. The molecule has 0 radical (unpaired) electrons. The van der Waals surface area contributed by atoms with Gasteiger partial charge in [-0.1, -0.05) is 13.0 Å². The van der Waals surface area contributed by atoms with Crippen LogP contribution in [0.4, 0.5) is 5.69 Å². The van der Waals surface area contributed by atoms with Crippen LogP contribution in [0.15, 0.2) is 30.5 Å². The van der Waals surface area contributed by atoms with Crippen molar-refractivity contribution in [2.45, 2.75) is 39.7 Å². The van der Waals surface area contributed by atoms with Crippen LogP contribution in [-0.4, -0.2) is 42.7 Å². The SMILES string of the molecule is CCCN(CCCNc1cc(OC)cc2cccnc12)C(C)C. The molecule has 1 aromatic heterocycles. The molecule has 0 saturated heterocycles. The predicted molar refractivity (Wildman–Crippen MR) is 98.4 cm³/mol. The number of rotatable bonds is 9. The van der Waals surface area contributed by atoms with Crippen molar-refractivity contribution in [3.05, 3.63) is 30.5 Å². The minimum absolute atomic E-state index is 0.606. The Hall–Kier alpha value is -1.81. The number of ether oxygens (including phenoxy) is 1. The third-order valence-electron chi connectivity index (χ3n) is 4.09. The van der Waals surface area contributed by atoms with Gasteiger partial charge in [-0.3, -0.25) is 4.98 Å². The Bertz CT molecular complexity index is 613. The number of anilines is 1. The van der Waals surface area contributed by atoms with Crippen molar-refractivity contribution in [3.8, 4) is 5.75 Å². The molecular formula is C19H29N3O. The number of hydrogen-bond donors (Lipinski definition) is 1. The van der Waals surface area contributed by atoms with Gasteiger partial charge in [0.25, 0.3) is 0 Å². The minimum atomic E-state index is 0.606. The lowest BCUT2D eigenvalue weighted by molar-refractivity contribution is 0.221. The molecule has 0 fully saturated rings. The van der Waals surface area contributed by atoms with Crippen LogP contribution in [0.3, 0.4) is 0 Å². The fraction of sp³-hybridized carbons (Fsp3) is 0.526. The second-order valence-electron chi connectivity index (χ2n) is 6.16. The van der Waals surface area contributed by atoms with E-state index in [-0.39, 0.29) is 0 Å². The van der Waals surface area contributed by atoms with Crippen molar-refractivity contribution in [1.29, 1.82) is 0 Å². The lowest BCUT2D eigenvalue weighted by atomic mass is 10.1. The topological polar surface area (TPSA) is 37.4 Å². The molecule has 0 amide bonds. The molecule has 126 valence electrons. The lowest BCUT2D eigenvalue weighted by Crippen LogP contribution is -2.33. The fourth-order valence-electron chi connectivity index (χ4n) is 2.84. The highest BCUT2D eigenvalue weighted by Crippen LogP contribution is 2.27. The molecule has 1 aromatic carbocycles. The maximum atomic E-state index is 5.39. The Labute approximate surface area is 139 Å². The Morgan fingerprint density at radius 1 is 1.26 bits per heavy atom. The summed E-state index contributed by atoms with van der Waals surface area (Å²) in [6, 6.07) is 8.68. The molecule has 0 spiro atoms. The van der Waals surface area contributed by atoms with Gasteiger partial charge < -0.3 is 15.0 Å². The van der Waals surface area contributed by atoms with Crippen molar-refractivity contribution in [1.82, 2.24) is 9.88 Å². The molecule has 0 aliphatic heterocycles. The molecule has 0 atom stereocenters. The van der Waals surface area contributed by atoms with Crippen LogP contribution in [0.25, 0.3) is 10.9 Å². The molecule has 0 bridgehead atoms. The number of hydrogen-bond acceptors (Lipinski definition) is 4. The van der Waals surface area contributed by atoms with E-state index in [2.05, 4.69) is 42.0 Å². The quantitative estimate of drug-likeness (QED) is 0.705. The molecule has 1 heterocycles. The normalized spacial score (nSPS) is 11.4. The second-order valence-corrected chi connectivity index (χ2v) is 6.16. The molecule has 2 aromatic rings. The van der Waals surface area contributed by atoms with Gasteiger partial charge in [0.05, 0.1) is 18.3 Å². The first kappa shape index (κ1) is 17.5.